The first-order valence-electron chi connectivity index (χ1n) is 6.61. The van der Waals surface area contributed by atoms with E-state index in [0.29, 0.717) is 0 Å². The molecule has 1 rings (SSSR count). The molecule has 0 aromatic heterocycles. The maximum Gasteiger partial charge on any atom is 0.307 e. The summed E-state index contributed by atoms with van der Waals surface area (Å²) in [5, 5.41) is 8.96. The lowest BCUT2D eigenvalue weighted by molar-refractivity contribution is -0.141. The molecule has 0 bridgehead atoms. The molecule has 0 heterocycles. The van der Waals surface area contributed by atoms with E-state index in [1.54, 1.807) is 26.0 Å². The Kier molecular flexibility index (Phi) is 5.74. The number of methoxy groups -OCH3 is 1. The zero-order valence-corrected chi connectivity index (χ0v) is 13.5. The van der Waals surface area contributed by atoms with Gasteiger partial charge in [-0.2, -0.15) is 4.31 Å². The van der Waals surface area contributed by atoms with Gasteiger partial charge in [0.05, 0.1) is 13.0 Å². The smallest absolute Gasteiger partial charge is 0.307 e. The standard InChI is InChI=1S/C14H21NO5S/c1-5-15(9-11(3)14(16)17)21(18,19)13-8-10(2)6-7-12(13)20-4/h6-8,11H,5,9H2,1-4H3,(H,16,17). The van der Waals surface area contributed by atoms with Crippen LogP contribution in [0.4, 0.5) is 0 Å². The zero-order valence-electron chi connectivity index (χ0n) is 12.7. The first-order valence-corrected chi connectivity index (χ1v) is 8.05. The van der Waals surface area contributed by atoms with Crippen molar-refractivity contribution in [2.24, 2.45) is 5.92 Å². The molecule has 0 aliphatic rings. The summed E-state index contributed by atoms with van der Waals surface area (Å²) >= 11 is 0. The number of aliphatic carboxylic acids is 1. The number of aryl methyl sites for hydroxylation is 1. The number of carboxylic acids is 1. The largest absolute Gasteiger partial charge is 0.495 e. The van der Waals surface area contributed by atoms with Crippen molar-refractivity contribution >= 4 is 16.0 Å². The summed E-state index contributed by atoms with van der Waals surface area (Å²) < 4.78 is 31.7. The minimum Gasteiger partial charge on any atom is -0.495 e. The minimum atomic E-state index is -3.80. The molecular formula is C14H21NO5S. The summed E-state index contributed by atoms with van der Waals surface area (Å²) in [5.74, 6) is -1.56. The Morgan fingerprint density at radius 3 is 2.52 bits per heavy atom. The van der Waals surface area contributed by atoms with Crippen LogP contribution in [0.2, 0.25) is 0 Å². The zero-order chi connectivity index (χ0) is 16.2. The van der Waals surface area contributed by atoms with Crippen molar-refractivity contribution in [2.75, 3.05) is 20.2 Å². The number of rotatable bonds is 7. The van der Waals surface area contributed by atoms with Crippen LogP contribution in [0.1, 0.15) is 19.4 Å². The Morgan fingerprint density at radius 1 is 1.43 bits per heavy atom. The van der Waals surface area contributed by atoms with Crippen LogP contribution in [0, 0.1) is 12.8 Å². The van der Waals surface area contributed by atoms with Crippen molar-refractivity contribution in [3.63, 3.8) is 0 Å². The Bertz CT molecular complexity index is 612. The molecule has 1 N–H and O–H groups in total. The van der Waals surface area contributed by atoms with Crippen molar-refractivity contribution in [1.29, 1.82) is 0 Å². The van der Waals surface area contributed by atoms with E-state index in [0.717, 1.165) is 9.87 Å². The molecule has 0 spiro atoms. The number of ether oxygens (including phenoxy) is 1. The number of benzene rings is 1. The number of nitrogens with zero attached hydrogens (tertiary/aromatic N) is 1. The van der Waals surface area contributed by atoms with E-state index in [-0.39, 0.29) is 23.7 Å². The van der Waals surface area contributed by atoms with Crippen molar-refractivity contribution in [2.45, 2.75) is 25.7 Å². The summed E-state index contributed by atoms with van der Waals surface area (Å²) in [7, 11) is -2.40. The first kappa shape index (κ1) is 17.5. The second-order valence-corrected chi connectivity index (χ2v) is 6.76. The first-order chi connectivity index (χ1) is 9.73. The van der Waals surface area contributed by atoms with Crippen LogP contribution in [0.5, 0.6) is 5.75 Å². The number of carboxylic acid groups (broad SMARTS) is 1. The Morgan fingerprint density at radius 2 is 2.05 bits per heavy atom. The highest BCUT2D eigenvalue weighted by Crippen LogP contribution is 2.28. The van der Waals surface area contributed by atoms with Crippen LogP contribution in [-0.2, 0) is 14.8 Å². The third kappa shape index (κ3) is 3.95. The fourth-order valence-electron chi connectivity index (χ4n) is 1.91. The van der Waals surface area contributed by atoms with Crippen LogP contribution in [0.25, 0.3) is 0 Å². The van der Waals surface area contributed by atoms with Gasteiger partial charge in [-0.05, 0) is 24.6 Å². The van der Waals surface area contributed by atoms with Gasteiger partial charge in [0.2, 0.25) is 10.0 Å². The van der Waals surface area contributed by atoms with Crippen LogP contribution >= 0.6 is 0 Å². The molecule has 0 aliphatic heterocycles. The molecule has 0 amide bonds. The molecule has 1 aromatic rings. The topological polar surface area (TPSA) is 83.9 Å². The molecule has 0 saturated carbocycles. The number of hydrogen-bond donors (Lipinski definition) is 1. The lowest BCUT2D eigenvalue weighted by atomic mass is 10.2. The number of sulfonamides is 1. The molecule has 118 valence electrons. The summed E-state index contributed by atoms with van der Waals surface area (Å²) in [6.45, 7) is 5.05. The van der Waals surface area contributed by atoms with Gasteiger partial charge in [0.25, 0.3) is 0 Å². The molecular weight excluding hydrogens is 294 g/mol. The highest BCUT2D eigenvalue weighted by Gasteiger charge is 2.29. The Hall–Kier alpha value is -1.60. The predicted octanol–water partition coefficient (Wildman–Crippen LogP) is 1.73. The number of hydrogen-bond acceptors (Lipinski definition) is 4. The van der Waals surface area contributed by atoms with Gasteiger partial charge in [0.15, 0.2) is 0 Å². The molecule has 21 heavy (non-hydrogen) atoms. The van der Waals surface area contributed by atoms with Gasteiger partial charge < -0.3 is 9.84 Å². The van der Waals surface area contributed by atoms with E-state index in [4.69, 9.17) is 9.84 Å². The Labute approximate surface area is 125 Å². The second kappa shape index (κ2) is 6.91. The van der Waals surface area contributed by atoms with Crippen LogP contribution < -0.4 is 4.74 Å². The third-order valence-electron chi connectivity index (χ3n) is 3.19. The van der Waals surface area contributed by atoms with Crippen LogP contribution in [-0.4, -0.2) is 44.0 Å². The van der Waals surface area contributed by atoms with Gasteiger partial charge in [0, 0.05) is 13.1 Å². The van der Waals surface area contributed by atoms with E-state index in [9.17, 15) is 13.2 Å². The van der Waals surface area contributed by atoms with Gasteiger partial charge in [-0.25, -0.2) is 8.42 Å². The predicted molar refractivity (Wildman–Crippen MR) is 79.0 cm³/mol. The fraction of sp³-hybridized carbons (Fsp3) is 0.500. The molecule has 1 atom stereocenters. The monoisotopic (exact) mass is 315 g/mol. The van der Waals surface area contributed by atoms with E-state index in [1.165, 1.54) is 20.1 Å². The summed E-state index contributed by atoms with van der Waals surface area (Å²) in [6.07, 6.45) is 0. The van der Waals surface area contributed by atoms with Crippen LogP contribution in [0.15, 0.2) is 23.1 Å². The van der Waals surface area contributed by atoms with E-state index >= 15 is 0 Å². The lowest BCUT2D eigenvalue weighted by Gasteiger charge is -2.23. The van der Waals surface area contributed by atoms with E-state index < -0.39 is 21.9 Å². The minimum absolute atomic E-state index is 0.0597. The number of carbonyl (C=O) groups is 1. The van der Waals surface area contributed by atoms with Crippen molar-refractivity contribution in [1.82, 2.24) is 4.31 Å². The lowest BCUT2D eigenvalue weighted by Crippen LogP contribution is -2.37. The van der Waals surface area contributed by atoms with Crippen molar-refractivity contribution < 1.29 is 23.1 Å². The maximum absolute atomic E-state index is 12.7. The van der Waals surface area contributed by atoms with Gasteiger partial charge in [-0.1, -0.05) is 19.9 Å². The highest BCUT2D eigenvalue weighted by atomic mass is 32.2. The van der Waals surface area contributed by atoms with Crippen LogP contribution in [0.3, 0.4) is 0 Å². The molecule has 0 aliphatic carbocycles. The van der Waals surface area contributed by atoms with Crippen molar-refractivity contribution in [3.8, 4) is 5.75 Å². The van der Waals surface area contributed by atoms with E-state index in [1.807, 2.05) is 0 Å². The van der Waals surface area contributed by atoms with Gasteiger partial charge in [0.1, 0.15) is 10.6 Å². The van der Waals surface area contributed by atoms with Gasteiger partial charge in [-0.3, -0.25) is 4.79 Å². The van der Waals surface area contributed by atoms with Crippen molar-refractivity contribution in [3.05, 3.63) is 23.8 Å². The normalized spacial score (nSPS) is 13.2. The van der Waals surface area contributed by atoms with Gasteiger partial charge >= 0.3 is 5.97 Å². The summed E-state index contributed by atoms with van der Waals surface area (Å²) in [4.78, 5) is 11.0. The maximum atomic E-state index is 12.7. The second-order valence-electron chi connectivity index (χ2n) is 4.85. The summed E-state index contributed by atoms with van der Waals surface area (Å²) in [5.41, 5.74) is 0.789. The molecule has 0 radical (unpaired) electrons. The molecule has 0 fully saturated rings. The fourth-order valence-corrected chi connectivity index (χ4v) is 3.68. The molecule has 7 heteroatoms. The molecule has 1 unspecified atom stereocenters. The van der Waals surface area contributed by atoms with E-state index in [2.05, 4.69) is 0 Å². The summed E-state index contributed by atoms with van der Waals surface area (Å²) in [6, 6.07) is 4.88. The SMILES string of the molecule is CCN(CC(C)C(=O)O)S(=O)(=O)c1cc(C)ccc1OC. The average Bonchev–Trinajstić information content (AvgIpc) is 2.43. The molecule has 0 saturated heterocycles. The third-order valence-corrected chi connectivity index (χ3v) is 5.15. The van der Waals surface area contributed by atoms with Gasteiger partial charge in [-0.15, -0.1) is 0 Å². The average molecular weight is 315 g/mol. The quantitative estimate of drug-likeness (QED) is 0.828. The Balaban J connectivity index is 3.24. The highest BCUT2D eigenvalue weighted by molar-refractivity contribution is 7.89. The molecule has 6 nitrogen and oxygen atoms in total. The molecule has 1 aromatic carbocycles.